The van der Waals surface area contributed by atoms with Gasteiger partial charge in [-0.2, -0.15) is 0 Å². The van der Waals surface area contributed by atoms with Crippen molar-refractivity contribution in [1.82, 2.24) is 0 Å². The minimum absolute atomic E-state index is 0.110. The van der Waals surface area contributed by atoms with Crippen LogP contribution >= 0.6 is 0 Å². The number of carbonyl (C=O) groups is 4. The molecular formula is C55H104O12. The van der Waals surface area contributed by atoms with Gasteiger partial charge in [-0.3, -0.25) is 19.2 Å². The van der Waals surface area contributed by atoms with E-state index < -0.39 is 12.2 Å². The summed E-state index contributed by atoms with van der Waals surface area (Å²) in [6, 6.07) is 0. The van der Waals surface area contributed by atoms with Crippen molar-refractivity contribution in [3.8, 4) is 0 Å². The molecule has 4 unspecified atom stereocenters. The summed E-state index contributed by atoms with van der Waals surface area (Å²) in [4.78, 5) is 45.5. The number of hydrogen-bond acceptors (Lipinski definition) is 12. The lowest BCUT2D eigenvalue weighted by Gasteiger charge is -2.24. The standard InChI is InChI=1S/C55H104O12/c1-5-7-9-26-38-52(50(58)36-24-17-13-11-15-19-28-40-54(60)66-46-34-21-30-42-62-48(3)56)64-44-32-23-33-45-65-53(39-27-10-8-6-2)51(59)37-25-18-14-12-16-20-29-41-55(61)67-47-35-22-31-43-63-49(4)57/h50-53,58-59H,5-47H2,1-4H3. The van der Waals surface area contributed by atoms with Crippen molar-refractivity contribution in [2.24, 2.45) is 0 Å². The molecule has 2 N–H and O–H groups in total. The van der Waals surface area contributed by atoms with Gasteiger partial charge in [-0.1, -0.05) is 142 Å². The van der Waals surface area contributed by atoms with Crippen molar-refractivity contribution in [3.05, 3.63) is 0 Å². The first kappa shape index (κ1) is 64.7. The third kappa shape index (κ3) is 47.2. The predicted octanol–water partition coefficient (Wildman–Crippen LogP) is 13.2. The van der Waals surface area contributed by atoms with Crippen molar-refractivity contribution in [2.45, 2.75) is 290 Å². The summed E-state index contributed by atoms with van der Waals surface area (Å²) in [5, 5.41) is 22.3. The Balaban J connectivity index is 4.25. The molecular weight excluding hydrogens is 853 g/mol. The van der Waals surface area contributed by atoms with Crippen LogP contribution in [-0.2, 0) is 47.6 Å². The summed E-state index contributed by atoms with van der Waals surface area (Å²) in [5.74, 6) is -0.772. The Hall–Kier alpha value is -2.28. The zero-order valence-electron chi connectivity index (χ0n) is 43.7. The Morgan fingerprint density at radius 1 is 0.328 bits per heavy atom. The highest BCUT2D eigenvalue weighted by Gasteiger charge is 2.21. The highest BCUT2D eigenvalue weighted by Crippen LogP contribution is 2.21. The van der Waals surface area contributed by atoms with Crippen LogP contribution in [0.5, 0.6) is 0 Å². The van der Waals surface area contributed by atoms with E-state index in [-0.39, 0.29) is 36.1 Å². The van der Waals surface area contributed by atoms with Crippen LogP contribution in [-0.4, -0.2) is 98.1 Å². The average molecular weight is 957 g/mol. The number of hydrogen-bond donors (Lipinski definition) is 2. The Bertz CT molecular complexity index is 1040. The van der Waals surface area contributed by atoms with E-state index in [9.17, 15) is 29.4 Å². The zero-order chi connectivity index (χ0) is 49.3. The molecule has 12 nitrogen and oxygen atoms in total. The van der Waals surface area contributed by atoms with E-state index in [0.29, 0.717) is 52.5 Å². The molecule has 0 saturated heterocycles. The Kier molecular flexibility index (Phi) is 48.4. The largest absolute Gasteiger partial charge is 0.466 e. The SMILES string of the molecule is CCCCCCC(OCCCCCOC(CCCCCC)C(O)CCCCCCCCCC(=O)OCCCCCOC(C)=O)C(O)CCCCCCCCCC(=O)OCCCCCOC(C)=O. The summed E-state index contributed by atoms with van der Waals surface area (Å²) in [5.41, 5.74) is 0. The molecule has 12 heteroatoms. The average Bonchev–Trinajstić information content (AvgIpc) is 3.30. The quantitative estimate of drug-likeness (QED) is 0.0337. The topological polar surface area (TPSA) is 164 Å². The fourth-order valence-corrected chi connectivity index (χ4v) is 8.26. The molecule has 0 aromatic heterocycles. The predicted molar refractivity (Wildman–Crippen MR) is 269 cm³/mol. The van der Waals surface area contributed by atoms with Crippen LogP contribution in [0.3, 0.4) is 0 Å². The Labute approximate surface area is 409 Å². The summed E-state index contributed by atoms with van der Waals surface area (Å²) < 4.78 is 33.1. The lowest BCUT2D eigenvalue weighted by Crippen LogP contribution is -2.30. The van der Waals surface area contributed by atoms with Gasteiger partial charge < -0.3 is 38.6 Å². The van der Waals surface area contributed by atoms with E-state index in [1.807, 2.05) is 0 Å². The van der Waals surface area contributed by atoms with Crippen LogP contribution in [0.25, 0.3) is 0 Å². The molecule has 396 valence electrons. The van der Waals surface area contributed by atoms with Crippen LogP contribution in [0, 0.1) is 0 Å². The van der Waals surface area contributed by atoms with Gasteiger partial charge in [0.1, 0.15) is 0 Å². The third-order valence-electron chi connectivity index (χ3n) is 12.5. The van der Waals surface area contributed by atoms with Crippen LogP contribution in [0.1, 0.15) is 265 Å². The molecule has 0 radical (unpaired) electrons. The molecule has 0 fully saturated rings. The Morgan fingerprint density at radius 2 is 0.597 bits per heavy atom. The second-order valence-corrected chi connectivity index (χ2v) is 19.0. The van der Waals surface area contributed by atoms with Gasteiger partial charge in [0.2, 0.25) is 0 Å². The fourth-order valence-electron chi connectivity index (χ4n) is 8.26. The van der Waals surface area contributed by atoms with Gasteiger partial charge in [0, 0.05) is 39.9 Å². The summed E-state index contributed by atoms with van der Waals surface area (Å²) in [6.07, 6.45) is 35.1. The molecule has 0 saturated carbocycles. The molecule has 0 spiro atoms. The van der Waals surface area contributed by atoms with Crippen LogP contribution in [0.15, 0.2) is 0 Å². The maximum atomic E-state index is 12.0. The number of unbranched alkanes of at least 4 members (excludes halogenated alkanes) is 24. The van der Waals surface area contributed by atoms with Gasteiger partial charge in [0.25, 0.3) is 0 Å². The lowest BCUT2D eigenvalue weighted by atomic mass is 9.99. The number of rotatable bonds is 52. The number of carbonyl (C=O) groups excluding carboxylic acids is 4. The summed E-state index contributed by atoms with van der Waals surface area (Å²) in [7, 11) is 0. The number of aliphatic hydroxyl groups excluding tert-OH is 2. The summed E-state index contributed by atoms with van der Waals surface area (Å²) in [6.45, 7) is 10.3. The molecule has 0 rings (SSSR count). The minimum Gasteiger partial charge on any atom is -0.466 e. The van der Waals surface area contributed by atoms with Gasteiger partial charge in [0.15, 0.2) is 0 Å². The van der Waals surface area contributed by atoms with E-state index >= 15 is 0 Å². The van der Waals surface area contributed by atoms with Crippen LogP contribution in [0.2, 0.25) is 0 Å². The van der Waals surface area contributed by atoms with E-state index in [4.69, 9.17) is 28.4 Å². The van der Waals surface area contributed by atoms with Crippen molar-refractivity contribution in [3.63, 3.8) is 0 Å². The zero-order valence-corrected chi connectivity index (χ0v) is 43.7. The van der Waals surface area contributed by atoms with Crippen molar-refractivity contribution in [2.75, 3.05) is 39.6 Å². The number of esters is 4. The maximum absolute atomic E-state index is 12.0. The van der Waals surface area contributed by atoms with Gasteiger partial charge >= 0.3 is 23.9 Å². The second kappa shape index (κ2) is 50.1. The van der Waals surface area contributed by atoms with Crippen molar-refractivity contribution >= 4 is 23.9 Å². The van der Waals surface area contributed by atoms with Crippen molar-refractivity contribution in [1.29, 1.82) is 0 Å². The molecule has 0 amide bonds. The monoisotopic (exact) mass is 957 g/mol. The van der Waals surface area contributed by atoms with E-state index in [1.165, 1.54) is 52.4 Å². The minimum atomic E-state index is -0.434. The van der Waals surface area contributed by atoms with Crippen LogP contribution in [0.4, 0.5) is 0 Å². The van der Waals surface area contributed by atoms with Crippen LogP contribution < -0.4 is 0 Å². The smallest absolute Gasteiger partial charge is 0.305 e. The molecule has 0 aliphatic heterocycles. The molecule has 0 heterocycles. The normalized spacial score (nSPS) is 13.2. The van der Waals surface area contributed by atoms with E-state index in [0.717, 1.165) is 186 Å². The van der Waals surface area contributed by atoms with Crippen molar-refractivity contribution < 1.29 is 57.8 Å². The van der Waals surface area contributed by atoms with E-state index in [2.05, 4.69) is 13.8 Å². The van der Waals surface area contributed by atoms with Gasteiger partial charge in [0.05, 0.1) is 50.8 Å². The molecule has 0 bridgehead atoms. The fraction of sp³-hybridized carbons (Fsp3) is 0.927. The molecule has 4 atom stereocenters. The maximum Gasteiger partial charge on any atom is 0.305 e. The highest BCUT2D eigenvalue weighted by atomic mass is 16.5. The number of ether oxygens (including phenoxy) is 6. The molecule has 0 aromatic rings. The molecule has 0 aromatic carbocycles. The third-order valence-corrected chi connectivity index (χ3v) is 12.5. The second-order valence-electron chi connectivity index (χ2n) is 19.0. The Morgan fingerprint density at radius 3 is 0.940 bits per heavy atom. The molecule has 0 aliphatic carbocycles. The van der Waals surface area contributed by atoms with Gasteiger partial charge in [-0.25, -0.2) is 0 Å². The van der Waals surface area contributed by atoms with Gasteiger partial charge in [-0.05, 0) is 96.3 Å². The first-order chi connectivity index (χ1) is 32.6. The van der Waals surface area contributed by atoms with E-state index in [1.54, 1.807) is 0 Å². The van der Waals surface area contributed by atoms with Gasteiger partial charge in [-0.15, -0.1) is 0 Å². The molecule has 67 heavy (non-hydrogen) atoms. The summed E-state index contributed by atoms with van der Waals surface area (Å²) >= 11 is 0. The first-order valence-corrected chi connectivity index (χ1v) is 27.8. The highest BCUT2D eigenvalue weighted by molar-refractivity contribution is 5.69. The first-order valence-electron chi connectivity index (χ1n) is 27.8. The number of aliphatic hydroxyl groups is 2. The molecule has 0 aliphatic rings. The lowest BCUT2D eigenvalue weighted by molar-refractivity contribution is -0.145.